The molecule has 0 aliphatic rings. The minimum Gasteiger partial charge on any atom is -0.462 e. The number of amides is 2. The second-order valence-electron chi connectivity index (χ2n) is 5.82. The number of benzene rings is 1. The van der Waals surface area contributed by atoms with Crippen molar-refractivity contribution in [3.05, 3.63) is 41.7 Å². The maximum atomic E-state index is 13.5. The number of rotatable bonds is 6. The fourth-order valence-corrected chi connectivity index (χ4v) is 2.31. The van der Waals surface area contributed by atoms with Crippen LogP contribution in [0.1, 0.15) is 29.9 Å². The maximum Gasteiger partial charge on any atom is 0.434 e. The van der Waals surface area contributed by atoms with Crippen LogP contribution in [-0.4, -0.2) is 41.0 Å². The minimum atomic E-state index is -4.83. The molecular formula is C17H20F3N5O3. The van der Waals surface area contributed by atoms with Crippen LogP contribution in [0.3, 0.4) is 0 Å². The van der Waals surface area contributed by atoms with Gasteiger partial charge in [-0.1, -0.05) is 0 Å². The fraction of sp³-hybridized carbons (Fsp3) is 0.353. The Hall–Kier alpha value is -3.08. The Labute approximate surface area is 158 Å². The molecule has 0 fully saturated rings. The number of hydrogen-bond donors (Lipinski definition) is 3. The lowest BCUT2D eigenvalue weighted by Crippen LogP contribution is -2.40. The summed E-state index contributed by atoms with van der Waals surface area (Å²) in [7, 11) is 0. The van der Waals surface area contributed by atoms with Crippen LogP contribution in [0.5, 0.6) is 0 Å². The lowest BCUT2D eigenvalue weighted by Gasteiger charge is -2.14. The van der Waals surface area contributed by atoms with Crippen molar-refractivity contribution in [2.45, 2.75) is 26.1 Å². The summed E-state index contributed by atoms with van der Waals surface area (Å²) in [5.74, 6) is -1.11. The first kappa shape index (κ1) is 21.2. The second kappa shape index (κ2) is 8.74. The quantitative estimate of drug-likeness (QED) is 0.647. The van der Waals surface area contributed by atoms with Crippen LogP contribution in [0.25, 0.3) is 5.69 Å². The Balaban J connectivity index is 2.28. The van der Waals surface area contributed by atoms with Gasteiger partial charge in [0.15, 0.2) is 5.69 Å². The van der Waals surface area contributed by atoms with Crippen LogP contribution in [0.2, 0.25) is 0 Å². The molecule has 0 bridgehead atoms. The van der Waals surface area contributed by atoms with E-state index in [9.17, 15) is 22.8 Å². The van der Waals surface area contributed by atoms with E-state index >= 15 is 0 Å². The minimum absolute atomic E-state index is 0.0594. The molecule has 0 aliphatic carbocycles. The number of anilines is 1. The number of carbonyl (C=O) groups is 2. The molecule has 1 aromatic heterocycles. The van der Waals surface area contributed by atoms with Gasteiger partial charge in [-0.15, -0.1) is 0 Å². The zero-order chi connectivity index (χ0) is 20.9. The molecule has 0 saturated heterocycles. The number of nitrogens with two attached hydrogens (primary N) is 1. The smallest absolute Gasteiger partial charge is 0.434 e. The Morgan fingerprint density at radius 2 is 1.93 bits per heavy atom. The molecule has 2 rings (SSSR count). The molecule has 4 N–H and O–H groups in total. The number of nitrogens with zero attached hydrogens (tertiary/aromatic N) is 2. The van der Waals surface area contributed by atoms with Crippen molar-refractivity contribution >= 4 is 17.7 Å². The van der Waals surface area contributed by atoms with Gasteiger partial charge < -0.3 is 21.1 Å². The summed E-state index contributed by atoms with van der Waals surface area (Å²) in [6.45, 7) is 3.41. The highest BCUT2D eigenvalue weighted by Gasteiger charge is 2.41. The van der Waals surface area contributed by atoms with Crippen LogP contribution < -0.4 is 16.4 Å². The number of alkyl halides is 3. The topological polar surface area (TPSA) is 111 Å². The van der Waals surface area contributed by atoms with Crippen molar-refractivity contribution < 1.29 is 27.5 Å². The van der Waals surface area contributed by atoms with Crippen molar-refractivity contribution in [1.82, 2.24) is 15.1 Å². The highest BCUT2D eigenvalue weighted by molar-refractivity contribution is 5.91. The first-order chi connectivity index (χ1) is 13.2. The molecule has 2 aromatic rings. The third-order valence-electron chi connectivity index (χ3n) is 3.63. The zero-order valence-corrected chi connectivity index (χ0v) is 15.2. The average Bonchev–Trinajstić information content (AvgIpc) is 3.08. The van der Waals surface area contributed by atoms with Crippen LogP contribution in [0, 0.1) is 0 Å². The van der Waals surface area contributed by atoms with E-state index < -0.39 is 29.4 Å². The Morgan fingerprint density at radius 1 is 1.29 bits per heavy atom. The van der Waals surface area contributed by atoms with E-state index in [0.717, 1.165) is 6.20 Å². The number of hydrogen-bond acceptors (Lipinski definition) is 5. The molecular weight excluding hydrogens is 379 g/mol. The van der Waals surface area contributed by atoms with E-state index in [4.69, 9.17) is 5.73 Å². The molecule has 1 aromatic carbocycles. The molecule has 0 saturated carbocycles. The van der Waals surface area contributed by atoms with Gasteiger partial charge in [0, 0.05) is 18.3 Å². The average molecular weight is 399 g/mol. The molecule has 8 nitrogen and oxygen atoms in total. The molecule has 1 atom stereocenters. The van der Waals surface area contributed by atoms with E-state index in [1.807, 2.05) is 0 Å². The third kappa shape index (κ3) is 5.00. The lowest BCUT2D eigenvalue weighted by atomic mass is 10.2. The standard InChI is InChI=1S/C17H20F3N5O3/c1-3-28-15(26)13-9-22-25(14(13)17(18,19)20)12-6-4-11(5-7-12)24-16(27)23-10(2)8-21/h4-7,9-10H,3,8,21H2,1-2H3,(H2,23,24,27)/t10-/m1/s1. The molecule has 0 spiro atoms. The summed E-state index contributed by atoms with van der Waals surface area (Å²) in [6, 6.07) is 4.75. The second-order valence-corrected chi connectivity index (χ2v) is 5.82. The number of halogens is 3. The first-order valence-electron chi connectivity index (χ1n) is 8.37. The number of urea groups is 1. The van der Waals surface area contributed by atoms with E-state index in [2.05, 4.69) is 20.5 Å². The summed E-state index contributed by atoms with van der Waals surface area (Å²) < 4.78 is 45.7. The number of aromatic nitrogens is 2. The van der Waals surface area contributed by atoms with Gasteiger partial charge in [0.2, 0.25) is 0 Å². The number of ether oxygens (including phenoxy) is 1. The van der Waals surface area contributed by atoms with Crippen molar-refractivity contribution in [1.29, 1.82) is 0 Å². The Kier molecular flexibility index (Phi) is 6.62. The first-order valence-corrected chi connectivity index (χ1v) is 8.37. The molecule has 28 heavy (non-hydrogen) atoms. The van der Waals surface area contributed by atoms with E-state index in [1.165, 1.54) is 31.2 Å². The monoisotopic (exact) mass is 399 g/mol. The Morgan fingerprint density at radius 3 is 2.46 bits per heavy atom. The van der Waals surface area contributed by atoms with Crippen LogP contribution in [-0.2, 0) is 10.9 Å². The predicted octanol–water partition coefficient (Wildman–Crippen LogP) is 2.54. The summed E-state index contributed by atoms with van der Waals surface area (Å²) >= 11 is 0. The van der Waals surface area contributed by atoms with E-state index in [-0.39, 0.29) is 24.9 Å². The van der Waals surface area contributed by atoms with Gasteiger partial charge in [-0.05, 0) is 38.1 Å². The lowest BCUT2D eigenvalue weighted by molar-refractivity contribution is -0.143. The molecule has 11 heteroatoms. The normalized spacial score (nSPS) is 12.4. The summed E-state index contributed by atoms with van der Waals surface area (Å²) in [5, 5.41) is 8.81. The van der Waals surface area contributed by atoms with Gasteiger partial charge in [-0.3, -0.25) is 0 Å². The largest absolute Gasteiger partial charge is 0.462 e. The predicted molar refractivity (Wildman–Crippen MR) is 95.2 cm³/mol. The van der Waals surface area contributed by atoms with Crippen LogP contribution >= 0.6 is 0 Å². The molecule has 152 valence electrons. The van der Waals surface area contributed by atoms with Gasteiger partial charge >= 0.3 is 18.2 Å². The van der Waals surface area contributed by atoms with E-state index in [0.29, 0.717) is 10.4 Å². The molecule has 0 radical (unpaired) electrons. The van der Waals surface area contributed by atoms with Crippen molar-refractivity contribution in [2.24, 2.45) is 5.73 Å². The van der Waals surface area contributed by atoms with Gasteiger partial charge in [0.25, 0.3) is 0 Å². The molecule has 0 aliphatic heterocycles. The summed E-state index contributed by atoms with van der Waals surface area (Å²) in [4.78, 5) is 23.6. The summed E-state index contributed by atoms with van der Waals surface area (Å²) in [6.07, 6.45) is -4.01. The molecule has 1 heterocycles. The van der Waals surface area contributed by atoms with Gasteiger partial charge in [0.1, 0.15) is 5.56 Å². The maximum absolute atomic E-state index is 13.5. The number of esters is 1. The SMILES string of the molecule is CCOC(=O)c1cnn(-c2ccc(NC(=O)N[C@H](C)CN)cc2)c1C(F)(F)F. The van der Waals surface area contributed by atoms with Crippen molar-refractivity contribution in [3.8, 4) is 5.69 Å². The van der Waals surface area contributed by atoms with E-state index in [1.54, 1.807) is 6.92 Å². The highest BCUT2D eigenvalue weighted by atomic mass is 19.4. The van der Waals surface area contributed by atoms with Gasteiger partial charge in [0.05, 0.1) is 18.5 Å². The number of carbonyl (C=O) groups excluding carboxylic acids is 2. The van der Waals surface area contributed by atoms with Crippen molar-refractivity contribution in [2.75, 3.05) is 18.5 Å². The molecule has 0 unspecified atom stereocenters. The van der Waals surface area contributed by atoms with Gasteiger partial charge in [-0.25, -0.2) is 14.3 Å². The van der Waals surface area contributed by atoms with Crippen LogP contribution in [0.15, 0.2) is 30.5 Å². The summed E-state index contributed by atoms with van der Waals surface area (Å²) in [5.41, 5.74) is 3.92. The third-order valence-corrected chi connectivity index (χ3v) is 3.63. The Bertz CT molecular complexity index is 834. The highest BCUT2D eigenvalue weighted by Crippen LogP contribution is 2.34. The fourth-order valence-electron chi connectivity index (χ4n) is 2.31. The zero-order valence-electron chi connectivity index (χ0n) is 15.2. The molecule has 2 amide bonds. The number of nitrogens with one attached hydrogen (secondary N) is 2. The van der Waals surface area contributed by atoms with Crippen LogP contribution in [0.4, 0.5) is 23.7 Å². The van der Waals surface area contributed by atoms with Crippen molar-refractivity contribution in [3.63, 3.8) is 0 Å². The van der Waals surface area contributed by atoms with Gasteiger partial charge in [-0.2, -0.15) is 18.3 Å².